The highest BCUT2D eigenvalue weighted by molar-refractivity contribution is 5.86. The monoisotopic (exact) mass is 578 g/mol. The van der Waals surface area contributed by atoms with Gasteiger partial charge in [-0.1, -0.05) is 48.5 Å². The van der Waals surface area contributed by atoms with Crippen molar-refractivity contribution in [2.45, 2.75) is 46.4 Å². The minimum absolute atomic E-state index is 0.180. The summed E-state index contributed by atoms with van der Waals surface area (Å²) in [5.74, 6) is 1.60. The molecular weight excluding hydrogens is 540 g/mol. The third-order valence-electron chi connectivity index (χ3n) is 7.71. The number of hydrogen-bond donors (Lipinski definition) is 2. The van der Waals surface area contributed by atoms with Crippen LogP contribution in [0.25, 0.3) is 10.9 Å². The van der Waals surface area contributed by atoms with Gasteiger partial charge in [-0.25, -0.2) is 0 Å². The molecule has 0 aliphatic carbocycles. The Labute approximate surface area is 252 Å². The van der Waals surface area contributed by atoms with Crippen LogP contribution in [0.5, 0.6) is 17.2 Å². The fourth-order valence-corrected chi connectivity index (χ4v) is 5.71. The molecule has 1 aliphatic heterocycles. The molecular formula is C36H38N2O5. The summed E-state index contributed by atoms with van der Waals surface area (Å²) in [5.41, 5.74) is 9.53. The number of quaternary nitrogens is 1. The van der Waals surface area contributed by atoms with E-state index in [2.05, 4.69) is 90.9 Å². The standard InChI is InChI=1S/C34H34N2O3.C2H4O2/c1-22-8-7-9-23(2)34(22)39-21-26-18-25(12-15-31(26)37-3)32-33-28(16-17-35-32)29-19-27(13-14-30(29)36-33)38-20-24-10-5-4-6-11-24;1-2(3)4/h4-15,18-19,32,35-36H,16-17,20-21H2,1-3H3;1H3,(H,3,4). The van der Waals surface area contributed by atoms with Crippen LogP contribution in [0.1, 0.15) is 52.0 Å². The SMILES string of the molecule is CC(=O)[O-].COc1ccc(C2[NH2+]CCc3c2[nH]c2ccc(OCc4ccccc4)cc32)cc1COc1c(C)cccc1C. The molecule has 0 amide bonds. The number of carboxylic acids is 1. The van der Waals surface area contributed by atoms with Gasteiger partial charge < -0.3 is 34.4 Å². The van der Waals surface area contributed by atoms with Crippen LogP contribution in [0.3, 0.4) is 0 Å². The number of ether oxygens (including phenoxy) is 3. The van der Waals surface area contributed by atoms with E-state index in [1.165, 1.54) is 27.8 Å². The molecule has 0 radical (unpaired) electrons. The van der Waals surface area contributed by atoms with E-state index >= 15 is 0 Å². The van der Waals surface area contributed by atoms with Gasteiger partial charge in [-0.05, 0) is 79.4 Å². The zero-order valence-electron chi connectivity index (χ0n) is 25.1. The zero-order valence-corrected chi connectivity index (χ0v) is 25.1. The highest BCUT2D eigenvalue weighted by Gasteiger charge is 2.29. The fourth-order valence-electron chi connectivity index (χ4n) is 5.71. The van der Waals surface area contributed by atoms with Gasteiger partial charge in [0, 0.05) is 34.4 Å². The summed E-state index contributed by atoms with van der Waals surface area (Å²) in [5, 5.41) is 12.6. The van der Waals surface area contributed by atoms with Gasteiger partial charge in [-0.15, -0.1) is 0 Å². The minimum atomic E-state index is -1.08. The molecule has 0 spiro atoms. The second-order valence-electron chi connectivity index (χ2n) is 10.8. The lowest BCUT2D eigenvalue weighted by molar-refractivity contribution is -0.690. The van der Waals surface area contributed by atoms with E-state index in [0.29, 0.717) is 13.2 Å². The molecule has 6 rings (SSSR count). The highest BCUT2D eigenvalue weighted by Crippen LogP contribution is 2.35. The lowest BCUT2D eigenvalue weighted by Gasteiger charge is -2.23. The Morgan fingerprint density at radius 3 is 2.40 bits per heavy atom. The number of aromatic nitrogens is 1. The molecule has 222 valence electrons. The van der Waals surface area contributed by atoms with Crippen LogP contribution in [0.2, 0.25) is 0 Å². The predicted molar refractivity (Wildman–Crippen MR) is 165 cm³/mol. The van der Waals surface area contributed by atoms with Gasteiger partial charge in [-0.2, -0.15) is 0 Å². The molecule has 3 N–H and O–H groups in total. The first-order valence-corrected chi connectivity index (χ1v) is 14.5. The van der Waals surface area contributed by atoms with Crippen LogP contribution in [0, 0.1) is 13.8 Å². The second kappa shape index (κ2) is 13.5. The van der Waals surface area contributed by atoms with Crippen molar-refractivity contribution in [3.8, 4) is 17.2 Å². The smallest absolute Gasteiger partial charge is 0.153 e. The van der Waals surface area contributed by atoms with Crippen LogP contribution < -0.4 is 24.6 Å². The zero-order chi connectivity index (χ0) is 30.3. The minimum Gasteiger partial charge on any atom is -0.550 e. The molecule has 43 heavy (non-hydrogen) atoms. The maximum Gasteiger partial charge on any atom is 0.153 e. The van der Waals surface area contributed by atoms with Crippen LogP contribution in [0.15, 0.2) is 84.9 Å². The number of nitrogens with two attached hydrogens (primary N) is 1. The number of hydrogen-bond acceptors (Lipinski definition) is 5. The van der Waals surface area contributed by atoms with Crippen molar-refractivity contribution in [1.29, 1.82) is 0 Å². The van der Waals surface area contributed by atoms with Crippen molar-refractivity contribution in [2.24, 2.45) is 0 Å². The number of aromatic amines is 1. The summed E-state index contributed by atoms with van der Waals surface area (Å²) in [6.45, 7) is 7.19. The Morgan fingerprint density at radius 2 is 1.67 bits per heavy atom. The summed E-state index contributed by atoms with van der Waals surface area (Å²) in [6.07, 6.45) is 1.02. The number of para-hydroxylation sites is 1. The first kappa shape index (κ1) is 29.7. The molecule has 1 aromatic heterocycles. The van der Waals surface area contributed by atoms with Gasteiger partial charge >= 0.3 is 0 Å². The first-order valence-electron chi connectivity index (χ1n) is 14.5. The number of nitrogens with one attached hydrogen (secondary N) is 1. The molecule has 1 atom stereocenters. The maximum absolute atomic E-state index is 8.89. The fraction of sp³-hybridized carbons (Fsp3) is 0.250. The van der Waals surface area contributed by atoms with Crippen molar-refractivity contribution < 1.29 is 29.4 Å². The average molecular weight is 579 g/mol. The molecule has 1 unspecified atom stereocenters. The Bertz CT molecular complexity index is 1690. The molecule has 0 fully saturated rings. The number of methoxy groups -OCH3 is 1. The van der Waals surface area contributed by atoms with Gasteiger partial charge in [-0.3, -0.25) is 0 Å². The van der Waals surface area contributed by atoms with Crippen molar-refractivity contribution in [1.82, 2.24) is 4.98 Å². The normalized spacial score (nSPS) is 13.9. The molecule has 5 aromatic rings. The van der Waals surface area contributed by atoms with Crippen molar-refractivity contribution in [3.05, 3.63) is 124 Å². The van der Waals surface area contributed by atoms with Crippen molar-refractivity contribution in [2.75, 3.05) is 13.7 Å². The van der Waals surface area contributed by atoms with Gasteiger partial charge in [0.25, 0.3) is 0 Å². The second-order valence-corrected chi connectivity index (χ2v) is 10.8. The van der Waals surface area contributed by atoms with Crippen LogP contribution >= 0.6 is 0 Å². The Morgan fingerprint density at radius 1 is 0.930 bits per heavy atom. The van der Waals surface area contributed by atoms with E-state index in [9.17, 15) is 0 Å². The molecule has 7 heteroatoms. The number of rotatable bonds is 8. The number of carbonyl (C=O) groups is 1. The number of aliphatic carboxylic acids is 1. The van der Waals surface area contributed by atoms with Crippen LogP contribution in [0.4, 0.5) is 0 Å². The molecule has 0 bridgehead atoms. The van der Waals surface area contributed by atoms with Gasteiger partial charge in [0.2, 0.25) is 0 Å². The van der Waals surface area contributed by atoms with E-state index in [1.807, 2.05) is 18.2 Å². The summed E-state index contributed by atoms with van der Waals surface area (Å²) in [4.78, 5) is 12.6. The largest absolute Gasteiger partial charge is 0.550 e. The molecule has 7 nitrogen and oxygen atoms in total. The van der Waals surface area contributed by atoms with Crippen molar-refractivity contribution in [3.63, 3.8) is 0 Å². The van der Waals surface area contributed by atoms with Gasteiger partial charge in [0.1, 0.15) is 30.5 Å². The first-order chi connectivity index (χ1) is 20.8. The molecule has 2 heterocycles. The van der Waals surface area contributed by atoms with Crippen LogP contribution in [-0.4, -0.2) is 24.6 Å². The molecule has 4 aromatic carbocycles. The van der Waals surface area contributed by atoms with Gasteiger partial charge in [0.05, 0.1) is 19.3 Å². The lowest BCUT2D eigenvalue weighted by Crippen LogP contribution is -2.87. The van der Waals surface area contributed by atoms with E-state index < -0.39 is 5.97 Å². The van der Waals surface area contributed by atoms with E-state index in [1.54, 1.807) is 7.11 Å². The summed E-state index contributed by atoms with van der Waals surface area (Å²) in [6, 6.07) is 29.6. The highest BCUT2D eigenvalue weighted by atomic mass is 16.5. The summed E-state index contributed by atoms with van der Waals surface area (Å²) in [7, 11) is 1.72. The van der Waals surface area contributed by atoms with Crippen molar-refractivity contribution >= 4 is 16.9 Å². The van der Waals surface area contributed by atoms with E-state index in [4.69, 9.17) is 24.1 Å². The summed E-state index contributed by atoms with van der Waals surface area (Å²) < 4.78 is 18.2. The number of aryl methyl sites for hydroxylation is 2. The third-order valence-corrected chi connectivity index (χ3v) is 7.71. The molecule has 1 aliphatic rings. The lowest BCUT2D eigenvalue weighted by atomic mass is 9.93. The van der Waals surface area contributed by atoms with E-state index in [-0.39, 0.29) is 6.04 Å². The summed E-state index contributed by atoms with van der Waals surface area (Å²) >= 11 is 0. The number of benzene rings is 4. The Hall–Kier alpha value is -4.75. The van der Waals surface area contributed by atoms with E-state index in [0.717, 1.165) is 59.3 Å². The number of carboxylic acid groups (broad SMARTS) is 1. The topological polar surface area (TPSA) is 100 Å². The predicted octanol–water partition coefficient (Wildman–Crippen LogP) is 4.92. The maximum atomic E-state index is 8.89. The Balaban J connectivity index is 0.000000868. The molecule has 0 saturated carbocycles. The average Bonchev–Trinajstić information content (AvgIpc) is 3.38. The molecule has 0 saturated heterocycles. The number of H-pyrrole nitrogens is 1. The number of carbonyl (C=O) groups excluding carboxylic acids is 1. The van der Waals surface area contributed by atoms with Gasteiger partial charge in [0.15, 0.2) is 6.04 Å². The number of fused-ring (bicyclic) bond motifs is 3. The quantitative estimate of drug-likeness (QED) is 0.272. The Kier molecular flexibility index (Phi) is 9.32. The third kappa shape index (κ3) is 7.01. The van der Waals surface area contributed by atoms with Crippen LogP contribution in [-0.2, 0) is 24.4 Å².